The molecule has 0 aliphatic heterocycles. The third-order valence-electron chi connectivity index (χ3n) is 5.20. The molecule has 5 amide bonds. The van der Waals surface area contributed by atoms with E-state index < -0.39 is 41.9 Å². The van der Waals surface area contributed by atoms with Crippen LogP contribution in [-0.4, -0.2) is 87.2 Å². The van der Waals surface area contributed by atoms with E-state index in [0.717, 1.165) is 0 Å². The van der Waals surface area contributed by atoms with Gasteiger partial charge in [0.25, 0.3) is 0 Å². The van der Waals surface area contributed by atoms with Crippen LogP contribution in [0.25, 0.3) is 0 Å². The summed E-state index contributed by atoms with van der Waals surface area (Å²) in [5.41, 5.74) is 0. The smallest absolute Gasteiger partial charge is 0.243 e. The van der Waals surface area contributed by atoms with E-state index in [1.165, 1.54) is 6.92 Å². The third kappa shape index (κ3) is 13.1. The zero-order chi connectivity index (χ0) is 26.8. The van der Waals surface area contributed by atoms with Crippen LogP contribution in [0.15, 0.2) is 0 Å². The molecule has 5 N–H and O–H groups in total. The summed E-state index contributed by atoms with van der Waals surface area (Å²) in [5, 5.41) is 13.2. The van der Waals surface area contributed by atoms with Gasteiger partial charge in [0, 0.05) is 20.6 Å². The standard InChI is InChI=1S/C23H43N5O7/c1-7-16(20(30)24-11-12-35-14-13-34-6)26-22(32)18(9-3)28-23(33)19(10-4)27-21(31)17(8-2)25-15(5)29/h16-19H,7-14H2,1-6H3,(H,24,30)(H,25,29)(H,26,32)(H,27,31)(H,28,33)/t16-,17-,18-,19+/m0/s1. The van der Waals surface area contributed by atoms with Crippen molar-refractivity contribution in [3.8, 4) is 0 Å². The van der Waals surface area contributed by atoms with Gasteiger partial charge in [-0.3, -0.25) is 24.0 Å². The predicted octanol–water partition coefficient (Wildman–Crippen LogP) is -0.635. The number of rotatable bonds is 18. The minimum atomic E-state index is -0.884. The SMILES string of the molecule is CC[C@H](NC(C)=O)C(=O)N[C@H](CC)C(=O)N[C@@H](CC)C(=O)N[C@@H](CC)C(=O)NCCOCCOC. The Bertz CT molecular complexity index is 689. The highest BCUT2D eigenvalue weighted by atomic mass is 16.5. The summed E-state index contributed by atoms with van der Waals surface area (Å²) in [6.45, 7) is 9.76. The predicted molar refractivity (Wildman–Crippen MR) is 130 cm³/mol. The Labute approximate surface area is 208 Å². The lowest BCUT2D eigenvalue weighted by atomic mass is 10.1. The zero-order valence-electron chi connectivity index (χ0n) is 21.8. The van der Waals surface area contributed by atoms with E-state index in [1.807, 2.05) is 0 Å². The lowest BCUT2D eigenvalue weighted by Gasteiger charge is -2.25. The average Bonchev–Trinajstić information content (AvgIpc) is 2.83. The molecule has 0 unspecified atom stereocenters. The first-order valence-corrected chi connectivity index (χ1v) is 12.2. The van der Waals surface area contributed by atoms with Crippen LogP contribution in [0.1, 0.15) is 60.3 Å². The Hall–Kier alpha value is -2.73. The first kappa shape index (κ1) is 32.3. The number of methoxy groups -OCH3 is 1. The molecule has 0 fully saturated rings. The Balaban J connectivity index is 4.88. The largest absolute Gasteiger partial charge is 0.382 e. The molecule has 0 aromatic rings. The molecular weight excluding hydrogens is 458 g/mol. The molecule has 4 atom stereocenters. The number of ether oxygens (including phenoxy) is 2. The van der Waals surface area contributed by atoms with Crippen LogP contribution < -0.4 is 26.6 Å². The Morgan fingerprint density at radius 1 is 0.600 bits per heavy atom. The molecule has 0 aliphatic rings. The molecule has 0 spiro atoms. The van der Waals surface area contributed by atoms with Gasteiger partial charge in [-0.1, -0.05) is 27.7 Å². The molecule has 35 heavy (non-hydrogen) atoms. The molecule has 12 heteroatoms. The zero-order valence-corrected chi connectivity index (χ0v) is 21.8. The van der Waals surface area contributed by atoms with Crippen molar-refractivity contribution < 1.29 is 33.4 Å². The number of carbonyl (C=O) groups is 5. The minimum Gasteiger partial charge on any atom is -0.382 e. The number of carbonyl (C=O) groups excluding carboxylic acids is 5. The van der Waals surface area contributed by atoms with Gasteiger partial charge in [-0.05, 0) is 25.7 Å². The van der Waals surface area contributed by atoms with Crippen molar-refractivity contribution in [2.24, 2.45) is 0 Å². The van der Waals surface area contributed by atoms with Crippen LogP contribution in [0.5, 0.6) is 0 Å². The molecule has 0 aromatic carbocycles. The van der Waals surface area contributed by atoms with Gasteiger partial charge in [0.1, 0.15) is 24.2 Å². The quantitative estimate of drug-likeness (QED) is 0.156. The molecular formula is C23H43N5O7. The number of amides is 5. The molecule has 0 aliphatic carbocycles. The van der Waals surface area contributed by atoms with Gasteiger partial charge in [0.2, 0.25) is 29.5 Å². The summed E-state index contributed by atoms with van der Waals surface area (Å²) >= 11 is 0. The van der Waals surface area contributed by atoms with Gasteiger partial charge < -0.3 is 36.1 Å². The van der Waals surface area contributed by atoms with Crippen molar-refractivity contribution in [3.05, 3.63) is 0 Å². The van der Waals surface area contributed by atoms with Crippen molar-refractivity contribution in [1.29, 1.82) is 0 Å². The van der Waals surface area contributed by atoms with E-state index in [4.69, 9.17) is 9.47 Å². The van der Waals surface area contributed by atoms with Crippen LogP contribution in [0, 0.1) is 0 Å². The summed E-state index contributed by atoms with van der Waals surface area (Å²) < 4.78 is 10.2. The molecule has 12 nitrogen and oxygen atoms in total. The van der Waals surface area contributed by atoms with Crippen LogP contribution in [0.2, 0.25) is 0 Å². The molecule has 202 valence electrons. The molecule has 0 rings (SSSR count). The van der Waals surface area contributed by atoms with Gasteiger partial charge in [0.15, 0.2) is 0 Å². The third-order valence-corrected chi connectivity index (χ3v) is 5.20. The highest BCUT2D eigenvalue weighted by Crippen LogP contribution is 2.01. The van der Waals surface area contributed by atoms with Gasteiger partial charge in [-0.25, -0.2) is 0 Å². The van der Waals surface area contributed by atoms with E-state index in [9.17, 15) is 24.0 Å². The van der Waals surface area contributed by atoms with Gasteiger partial charge in [-0.15, -0.1) is 0 Å². The highest BCUT2D eigenvalue weighted by molar-refractivity contribution is 5.95. The molecule has 0 aromatic heterocycles. The molecule has 0 radical (unpaired) electrons. The Morgan fingerprint density at radius 3 is 1.37 bits per heavy atom. The summed E-state index contributed by atoms with van der Waals surface area (Å²) in [5.74, 6) is -2.19. The fourth-order valence-corrected chi connectivity index (χ4v) is 3.09. The summed E-state index contributed by atoms with van der Waals surface area (Å²) in [4.78, 5) is 61.7. The highest BCUT2D eigenvalue weighted by Gasteiger charge is 2.28. The van der Waals surface area contributed by atoms with Gasteiger partial charge in [0.05, 0.1) is 19.8 Å². The normalized spacial score (nSPS) is 14.1. The Kier molecular flexibility index (Phi) is 17.1. The molecule has 0 heterocycles. The summed E-state index contributed by atoms with van der Waals surface area (Å²) in [6, 6.07) is -3.29. The molecule has 0 bridgehead atoms. The number of nitrogens with one attached hydrogen (secondary N) is 5. The summed E-state index contributed by atoms with van der Waals surface area (Å²) in [7, 11) is 1.57. The first-order valence-electron chi connectivity index (χ1n) is 12.2. The van der Waals surface area contributed by atoms with Gasteiger partial charge in [-0.2, -0.15) is 0 Å². The first-order chi connectivity index (χ1) is 16.6. The fraction of sp³-hybridized carbons (Fsp3) is 0.783. The second-order valence-corrected chi connectivity index (χ2v) is 7.97. The number of hydrogen-bond acceptors (Lipinski definition) is 7. The van der Waals surface area contributed by atoms with Crippen LogP contribution in [0.4, 0.5) is 0 Å². The maximum atomic E-state index is 12.8. The second-order valence-electron chi connectivity index (χ2n) is 7.97. The van der Waals surface area contributed by atoms with Gasteiger partial charge >= 0.3 is 0 Å². The van der Waals surface area contributed by atoms with Crippen molar-refractivity contribution >= 4 is 29.5 Å². The Morgan fingerprint density at radius 2 is 1.00 bits per heavy atom. The second kappa shape index (κ2) is 18.6. The maximum absolute atomic E-state index is 12.8. The minimum absolute atomic E-state index is 0.289. The lowest BCUT2D eigenvalue weighted by molar-refractivity contribution is -0.134. The topological polar surface area (TPSA) is 164 Å². The molecule has 0 saturated carbocycles. The van der Waals surface area contributed by atoms with Crippen LogP contribution in [0.3, 0.4) is 0 Å². The van der Waals surface area contributed by atoms with Crippen molar-refractivity contribution in [3.63, 3.8) is 0 Å². The van der Waals surface area contributed by atoms with E-state index in [-0.39, 0.29) is 24.8 Å². The number of hydrogen-bond donors (Lipinski definition) is 5. The van der Waals surface area contributed by atoms with E-state index >= 15 is 0 Å². The van der Waals surface area contributed by atoms with Crippen molar-refractivity contribution in [1.82, 2.24) is 26.6 Å². The van der Waals surface area contributed by atoms with E-state index in [1.54, 1.807) is 34.8 Å². The lowest BCUT2D eigenvalue weighted by Crippen LogP contribution is -2.57. The van der Waals surface area contributed by atoms with E-state index in [2.05, 4.69) is 26.6 Å². The maximum Gasteiger partial charge on any atom is 0.243 e. The van der Waals surface area contributed by atoms with E-state index in [0.29, 0.717) is 39.1 Å². The van der Waals surface area contributed by atoms with Crippen LogP contribution >= 0.6 is 0 Å². The van der Waals surface area contributed by atoms with Crippen molar-refractivity contribution in [2.45, 2.75) is 84.5 Å². The molecule has 0 saturated heterocycles. The monoisotopic (exact) mass is 501 g/mol. The fourth-order valence-electron chi connectivity index (χ4n) is 3.09. The summed E-state index contributed by atoms with van der Waals surface area (Å²) in [6.07, 6.45) is 1.31. The average molecular weight is 502 g/mol. The van der Waals surface area contributed by atoms with Crippen LogP contribution in [-0.2, 0) is 33.4 Å². The van der Waals surface area contributed by atoms with Crippen molar-refractivity contribution in [2.75, 3.05) is 33.5 Å².